The Morgan fingerprint density at radius 2 is 2.00 bits per heavy atom. The summed E-state index contributed by atoms with van der Waals surface area (Å²) in [5.74, 6) is 0.848. The lowest BCUT2D eigenvalue weighted by molar-refractivity contribution is 0.892. The first-order valence-corrected chi connectivity index (χ1v) is 6.62. The molecule has 17 heavy (non-hydrogen) atoms. The predicted molar refractivity (Wildman–Crippen MR) is 72.9 cm³/mol. The zero-order valence-corrected chi connectivity index (χ0v) is 11.3. The Morgan fingerprint density at radius 1 is 1.29 bits per heavy atom. The number of nitrogens with zero attached hydrogens (tertiary/aromatic N) is 2. The first-order valence-electron chi connectivity index (χ1n) is 5.47. The van der Waals surface area contributed by atoms with E-state index in [0.717, 1.165) is 22.4 Å². The third-order valence-corrected chi connectivity index (χ3v) is 3.09. The van der Waals surface area contributed by atoms with Crippen LogP contribution in [-0.2, 0) is 6.42 Å². The summed E-state index contributed by atoms with van der Waals surface area (Å²) in [5.41, 5.74) is 1.17. The molecule has 5 heteroatoms. The molecular formula is C12H14ClN3S. The van der Waals surface area contributed by atoms with Crippen LogP contribution in [0.2, 0.25) is 5.02 Å². The summed E-state index contributed by atoms with van der Waals surface area (Å²) in [4.78, 5) is 4.43. The average molecular weight is 268 g/mol. The third kappa shape index (κ3) is 3.68. The van der Waals surface area contributed by atoms with Gasteiger partial charge in [-0.25, -0.2) is 4.98 Å². The molecule has 0 amide bonds. The van der Waals surface area contributed by atoms with E-state index in [9.17, 15) is 0 Å². The average Bonchev–Trinajstić information content (AvgIpc) is 2.68. The van der Waals surface area contributed by atoms with Crippen molar-refractivity contribution >= 4 is 28.3 Å². The van der Waals surface area contributed by atoms with E-state index < -0.39 is 0 Å². The molecule has 0 radical (unpaired) electrons. The molecule has 2 aromatic rings. The van der Waals surface area contributed by atoms with Gasteiger partial charge in [0.15, 0.2) is 0 Å². The van der Waals surface area contributed by atoms with Crippen molar-refractivity contribution in [2.24, 2.45) is 0 Å². The van der Waals surface area contributed by atoms with Crippen LogP contribution in [-0.4, -0.2) is 15.4 Å². The quantitative estimate of drug-likeness (QED) is 0.920. The summed E-state index contributed by atoms with van der Waals surface area (Å²) in [6, 6.07) is 8.15. The first-order chi connectivity index (χ1) is 8.13. The van der Waals surface area contributed by atoms with E-state index in [4.69, 9.17) is 11.6 Å². The lowest BCUT2D eigenvalue weighted by Crippen LogP contribution is -2.09. The van der Waals surface area contributed by atoms with Crippen LogP contribution in [0.3, 0.4) is 0 Å². The minimum Gasteiger partial charge on any atom is -0.358 e. The van der Waals surface area contributed by atoms with E-state index in [0.29, 0.717) is 6.04 Å². The molecule has 1 aromatic carbocycles. The molecule has 0 aliphatic rings. The Balaban J connectivity index is 2.03. The summed E-state index contributed by atoms with van der Waals surface area (Å²) in [7, 11) is 0. The van der Waals surface area contributed by atoms with Crippen molar-refractivity contribution in [3.05, 3.63) is 40.7 Å². The lowest BCUT2D eigenvalue weighted by Gasteiger charge is -2.03. The van der Waals surface area contributed by atoms with Crippen molar-refractivity contribution in [1.82, 2.24) is 9.36 Å². The van der Waals surface area contributed by atoms with Gasteiger partial charge in [-0.2, -0.15) is 4.37 Å². The standard InChI is InChI=1S/C12H14ClN3S/c1-8(2)14-12-15-11(16-17-12)7-9-3-5-10(13)6-4-9/h3-6,8H,7H2,1-2H3,(H,14,15,16). The van der Waals surface area contributed by atoms with Gasteiger partial charge in [0.25, 0.3) is 0 Å². The molecule has 90 valence electrons. The molecule has 1 aromatic heterocycles. The van der Waals surface area contributed by atoms with Gasteiger partial charge in [-0.1, -0.05) is 23.7 Å². The number of rotatable bonds is 4. The van der Waals surface area contributed by atoms with Crippen LogP contribution in [0.5, 0.6) is 0 Å². The topological polar surface area (TPSA) is 37.8 Å². The van der Waals surface area contributed by atoms with Crippen LogP contribution in [0.4, 0.5) is 5.13 Å². The van der Waals surface area contributed by atoms with E-state index in [1.165, 1.54) is 17.1 Å². The summed E-state index contributed by atoms with van der Waals surface area (Å²) < 4.78 is 4.32. The second-order valence-corrected chi connectivity index (χ2v) is 5.31. The number of hydrogen-bond acceptors (Lipinski definition) is 4. The first kappa shape index (κ1) is 12.3. The van der Waals surface area contributed by atoms with Gasteiger partial charge in [0.2, 0.25) is 5.13 Å². The number of anilines is 1. The number of hydrogen-bond donors (Lipinski definition) is 1. The van der Waals surface area contributed by atoms with Crippen LogP contribution in [0.25, 0.3) is 0 Å². The van der Waals surface area contributed by atoms with Crippen LogP contribution < -0.4 is 5.32 Å². The molecule has 3 nitrogen and oxygen atoms in total. The molecule has 0 unspecified atom stereocenters. The smallest absolute Gasteiger partial charge is 0.202 e. The molecule has 2 rings (SSSR count). The highest BCUT2D eigenvalue weighted by molar-refractivity contribution is 7.09. The highest BCUT2D eigenvalue weighted by Gasteiger charge is 2.05. The summed E-state index contributed by atoms with van der Waals surface area (Å²) in [6.45, 7) is 4.17. The maximum absolute atomic E-state index is 5.84. The molecule has 1 heterocycles. The molecule has 1 N–H and O–H groups in total. The minimum atomic E-state index is 0.381. The Morgan fingerprint density at radius 3 is 2.65 bits per heavy atom. The van der Waals surface area contributed by atoms with Crippen LogP contribution >= 0.6 is 23.1 Å². The maximum atomic E-state index is 5.84. The van der Waals surface area contributed by atoms with Gasteiger partial charge in [-0.3, -0.25) is 0 Å². The SMILES string of the molecule is CC(C)Nc1nc(Cc2ccc(Cl)cc2)ns1. The van der Waals surface area contributed by atoms with Gasteiger partial charge >= 0.3 is 0 Å². The fraction of sp³-hybridized carbons (Fsp3) is 0.333. The van der Waals surface area contributed by atoms with E-state index in [2.05, 4.69) is 28.5 Å². The Kier molecular flexibility index (Phi) is 3.97. The van der Waals surface area contributed by atoms with Crippen molar-refractivity contribution in [3.63, 3.8) is 0 Å². The third-order valence-electron chi connectivity index (χ3n) is 2.16. The molecule has 0 aliphatic heterocycles. The zero-order valence-electron chi connectivity index (χ0n) is 9.77. The van der Waals surface area contributed by atoms with Crippen LogP contribution in [0, 0.1) is 0 Å². The predicted octanol–water partition coefficient (Wildman–Crippen LogP) is 3.60. The minimum absolute atomic E-state index is 0.381. The molecule has 0 saturated heterocycles. The highest BCUT2D eigenvalue weighted by atomic mass is 35.5. The molecular weight excluding hydrogens is 254 g/mol. The molecule has 0 fully saturated rings. The van der Waals surface area contributed by atoms with Gasteiger partial charge in [0.1, 0.15) is 5.82 Å². The van der Waals surface area contributed by atoms with Crippen LogP contribution in [0.15, 0.2) is 24.3 Å². The second kappa shape index (κ2) is 5.47. The summed E-state index contributed by atoms with van der Waals surface area (Å²) in [6.07, 6.45) is 0.743. The van der Waals surface area contributed by atoms with Gasteiger partial charge in [-0.05, 0) is 31.5 Å². The fourth-order valence-electron chi connectivity index (χ4n) is 1.42. The number of aromatic nitrogens is 2. The van der Waals surface area contributed by atoms with E-state index in [1.54, 1.807) is 0 Å². The largest absolute Gasteiger partial charge is 0.358 e. The molecule has 0 saturated carbocycles. The molecule has 0 bridgehead atoms. The Labute approximate surface area is 110 Å². The van der Waals surface area contributed by atoms with Crippen molar-refractivity contribution in [1.29, 1.82) is 0 Å². The van der Waals surface area contributed by atoms with Gasteiger partial charge < -0.3 is 5.32 Å². The fourth-order valence-corrected chi connectivity index (χ4v) is 2.27. The zero-order chi connectivity index (χ0) is 12.3. The van der Waals surface area contributed by atoms with Crippen molar-refractivity contribution in [3.8, 4) is 0 Å². The van der Waals surface area contributed by atoms with Crippen molar-refractivity contribution in [2.75, 3.05) is 5.32 Å². The maximum Gasteiger partial charge on any atom is 0.202 e. The number of benzene rings is 1. The lowest BCUT2D eigenvalue weighted by atomic mass is 10.1. The normalized spacial score (nSPS) is 10.8. The van der Waals surface area contributed by atoms with E-state index in [-0.39, 0.29) is 0 Å². The number of halogens is 1. The van der Waals surface area contributed by atoms with Gasteiger partial charge in [0, 0.05) is 29.0 Å². The highest BCUT2D eigenvalue weighted by Crippen LogP contribution is 2.16. The molecule has 0 atom stereocenters. The number of nitrogens with one attached hydrogen (secondary N) is 1. The Hall–Kier alpha value is -1.13. The summed E-state index contributed by atoms with van der Waals surface area (Å²) in [5, 5.41) is 4.87. The summed E-state index contributed by atoms with van der Waals surface area (Å²) >= 11 is 7.24. The second-order valence-electron chi connectivity index (χ2n) is 4.12. The van der Waals surface area contributed by atoms with E-state index in [1.807, 2.05) is 24.3 Å². The van der Waals surface area contributed by atoms with Gasteiger partial charge in [-0.15, -0.1) is 0 Å². The van der Waals surface area contributed by atoms with Gasteiger partial charge in [0.05, 0.1) is 0 Å². The monoisotopic (exact) mass is 267 g/mol. The van der Waals surface area contributed by atoms with Crippen molar-refractivity contribution in [2.45, 2.75) is 26.3 Å². The van der Waals surface area contributed by atoms with Crippen molar-refractivity contribution < 1.29 is 0 Å². The van der Waals surface area contributed by atoms with E-state index >= 15 is 0 Å². The Bertz CT molecular complexity index is 479. The molecule has 0 aliphatic carbocycles. The van der Waals surface area contributed by atoms with Crippen LogP contribution in [0.1, 0.15) is 25.2 Å². The molecule has 0 spiro atoms.